The van der Waals surface area contributed by atoms with Crippen molar-refractivity contribution < 1.29 is 4.79 Å². The van der Waals surface area contributed by atoms with Gasteiger partial charge in [0.25, 0.3) is 5.91 Å². The first-order chi connectivity index (χ1) is 13.6. The summed E-state index contributed by atoms with van der Waals surface area (Å²) in [5.41, 5.74) is 3.21. The van der Waals surface area contributed by atoms with E-state index < -0.39 is 0 Å². The first kappa shape index (κ1) is 19.1. The predicted molar refractivity (Wildman–Crippen MR) is 116 cm³/mol. The van der Waals surface area contributed by atoms with E-state index >= 15 is 0 Å². The molecule has 0 spiro atoms. The first-order valence-corrected chi connectivity index (χ1v) is 10.8. The summed E-state index contributed by atoms with van der Waals surface area (Å²) in [6, 6.07) is 16.0. The van der Waals surface area contributed by atoms with Crippen molar-refractivity contribution in [1.29, 1.82) is 0 Å². The van der Waals surface area contributed by atoms with Crippen LogP contribution in [0.1, 0.15) is 27.3 Å². The van der Waals surface area contributed by atoms with Gasteiger partial charge in [0.05, 0.1) is 0 Å². The molecule has 1 aromatic heterocycles. The molecule has 3 aromatic rings. The number of amides is 1. The third-order valence-electron chi connectivity index (χ3n) is 4.87. The second-order valence-corrected chi connectivity index (χ2v) is 8.59. The van der Waals surface area contributed by atoms with Crippen LogP contribution in [0.2, 0.25) is 0 Å². The van der Waals surface area contributed by atoms with Crippen molar-refractivity contribution in [3.05, 3.63) is 75.5 Å². The van der Waals surface area contributed by atoms with Gasteiger partial charge >= 0.3 is 0 Å². The van der Waals surface area contributed by atoms with Gasteiger partial charge in [-0.15, -0.1) is 0 Å². The molecule has 2 aromatic carbocycles. The Morgan fingerprint density at radius 2 is 1.71 bits per heavy atom. The minimum atomic E-state index is 0.0875. The highest BCUT2D eigenvalue weighted by atomic mass is 79.9. The highest BCUT2D eigenvalue weighted by molar-refractivity contribution is 9.10. The maximum Gasteiger partial charge on any atom is 0.253 e. The third kappa shape index (κ3) is 4.42. The molecule has 144 valence electrons. The molecule has 2 heterocycles. The molecule has 0 saturated carbocycles. The molecule has 1 aliphatic rings. The van der Waals surface area contributed by atoms with Crippen LogP contribution < -0.4 is 4.90 Å². The van der Waals surface area contributed by atoms with Crippen LogP contribution >= 0.6 is 27.5 Å². The number of hydrogen-bond donors (Lipinski definition) is 0. The lowest BCUT2D eigenvalue weighted by molar-refractivity contribution is 0.0746. The van der Waals surface area contributed by atoms with E-state index in [0.29, 0.717) is 13.1 Å². The fourth-order valence-corrected chi connectivity index (χ4v) is 4.21. The average Bonchev–Trinajstić information content (AvgIpc) is 3.18. The molecule has 28 heavy (non-hydrogen) atoms. The van der Waals surface area contributed by atoms with Gasteiger partial charge in [0, 0.05) is 54.2 Å². The Kier molecular flexibility index (Phi) is 5.73. The maximum atomic E-state index is 12.7. The predicted octanol–water partition coefficient (Wildman–Crippen LogP) is 4.16. The minimum Gasteiger partial charge on any atom is -0.343 e. The van der Waals surface area contributed by atoms with Crippen molar-refractivity contribution >= 4 is 38.5 Å². The summed E-state index contributed by atoms with van der Waals surface area (Å²) in [4.78, 5) is 21.5. The summed E-state index contributed by atoms with van der Waals surface area (Å²) in [6.07, 6.45) is 0.749. The standard InChI is InChI=1S/C21H21BrN4OS/c1-15-2-4-16(5-3-15)14-19-23-21(28-24-19)26-12-10-25(11-13-26)20(27)17-6-8-18(22)9-7-17/h2-9H,10-14H2,1H3. The Morgan fingerprint density at radius 3 is 2.39 bits per heavy atom. The lowest BCUT2D eigenvalue weighted by Gasteiger charge is -2.34. The second-order valence-electron chi connectivity index (χ2n) is 6.94. The molecule has 1 fully saturated rings. The van der Waals surface area contributed by atoms with E-state index in [4.69, 9.17) is 4.98 Å². The van der Waals surface area contributed by atoms with Gasteiger partial charge in [-0.3, -0.25) is 4.79 Å². The van der Waals surface area contributed by atoms with Crippen LogP contribution in [0, 0.1) is 6.92 Å². The largest absolute Gasteiger partial charge is 0.343 e. The van der Waals surface area contributed by atoms with Crippen LogP contribution in [-0.4, -0.2) is 46.3 Å². The van der Waals surface area contributed by atoms with Crippen LogP contribution in [0.3, 0.4) is 0 Å². The Morgan fingerprint density at radius 1 is 1.04 bits per heavy atom. The fourth-order valence-electron chi connectivity index (χ4n) is 3.21. The molecule has 1 amide bonds. The van der Waals surface area contributed by atoms with Crippen LogP contribution in [0.25, 0.3) is 0 Å². The third-order valence-corrected chi connectivity index (χ3v) is 6.21. The highest BCUT2D eigenvalue weighted by Gasteiger charge is 2.24. The number of carbonyl (C=O) groups excluding carboxylic acids is 1. The number of rotatable bonds is 4. The number of nitrogens with zero attached hydrogens (tertiary/aromatic N) is 4. The number of benzene rings is 2. The molecule has 0 aliphatic carbocycles. The Labute approximate surface area is 177 Å². The number of aryl methyl sites for hydroxylation is 1. The van der Waals surface area contributed by atoms with Crippen LogP contribution in [0.15, 0.2) is 53.0 Å². The Bertz CT molecular complexity index is 947. The zero-order valence-electron chi connectivity index (χ0n) is 15.6. The van der Waals surface area contributed by atoms with Crippen LogP contribution in [0.5, 0.6) is 0 Å². The van der Waals surface area contributed by atoms with Crippen molar-refractivity contribution in [2.75, 3.05) is 31.1 Å². The molecule has 7 heteroatoms. The smallest absolute Gasteiger partial charge is 0.253 e. The molecule has 1 saturated heterocycles. The van der Waals surface area contributed by atoms with Gasteiger partial charge in [0.1, 0.15) is 5.82 Å². The van der Waals surface area contributed by atoms with Crippen molar-refractivity contribution in [1.82, 2.24) is 14.3 Å². The Hall–Kier alpha value is -2.25. The second kappa shape index (κ2) is 8.41. The maximum absolute atomic E-state index is 12.7. The first-order valence-electron chi connectivity index (χ1n) is 9.26. The van der Waals surface area contributed by atoms with Crippen LogP contribution in [0.4, 0.5) is 5.13 Å². The van der Waals surface area contributed by atoms with Gasteiger partial charge in [0.2, 0.25) is 5.13 Å². The van der Waals surface area contributed by atoms with E-state index in [1.54, 1.807) is 0 Å². The topological polar surface area (TPSA) is 49.3 Å². The zero-order chi connectivity index (χ0) is 19.5. The van der Waals surface area contributed by atoms with E-state index in [9.17, 15) is 4.79 Å². The van der Waals surface area contributed by atoms with Gasteiger partial charge in [-0.25, -0.2) is 4.98 Å². The number of anilines is 1. The molecular weight excluding hydrogens is 436 g/mol. The normalized spacial score (nSPS) is 14.4. The number of piperazine rings is 1. The summed E-state index contributed by atoms with van der Waals surface area (Å²) in [5, 5.41) is 0.942. The number of hydrogen-bond acceptors (Lipinski definition) is 5. The van der Waals surface area contributed by atoms with E-state index in [-0.39, 0.29) is 5.91 Å². The monoisotopic (exact) mass is 456 g/mol. The molecule has 0 unspecified atom stereocenters. The summed E-state index contributed by atoms with van der Waals surface area (Å²) < 4.78 is 5.50. The summed E-state index contributed by atoms with van der Waals surface area (Å²) in [7, 11) is 0. The lowest BCUT2D eigenvalue weighted by atomic mass is 10.1. The molecule has 0 atom stereocenters. The van der Waals surface area contributed by atoms with Gasteiger partial charge in [-0.2, -0.15) is 4.37 Å². The van der Waals surface area contributed by atoms with E-state index in [1.165, 1.54) is 22.7 Å². The van der Waals surface area contributed by atoms with Crippen molar-refractivity contribution in [2.45, 2.75) is 13.3 Å². The van der Waals surface area contributed by atoms with E-state index in [0.717, 1.165) is 40.5 Å². The molecular formula is C21H21BrN4OS. The molecule has 0 N–H and O–H groups in total. The molecule has 0 radical (unpaired) electrons. The summed E-state index contributed by atoms with van der Waals surface area (Å²) >= 11 is 4.85. The van der Waals surface area contributed by atoms with Crippen LogP contribution in [-0.2, 0) is 6.42 Å². The van der Waals surface area contributed by atoms with Crippen molar-refractivity contribution in [3.8, 4) is 0 Å². The van der Waals surface area contributed by atoms with Gasteiger partial charge in [0.15, 0.2) is 0 Å². The molecule has 5 nitrogen and oxygen atoms in total. The highest BCUT2D eigenvalue weighted by Crippen LogP contribution is 2.21. The van der Waals surface area contributed by atoms with Crippen molar-refractivity contribution in [3.63, 3.8) is 0 Å². The number of aromatic nitrogens is 2. The fraction of sp³-hybridized carbons (Fsp3) is 0.286. The van der Waals surface area contributed by atoms with Gasteiger partial charge in [-0.1, -0.05) is 45.8 Å². The average molecular weight is 457 g/mol. The molecule has 4 rings (SSSR count). The zero-order valence-corrected chi connectivity index (χ0v) is 18.0. The lowest BCUT2D eigenvalue weighted by Crippen LogP contribution is -2.48. The minimum absolute atomic E-state index is 0.0875. The molecule has 0 bridgehead atoms. The SMILES string of the molecule is Cc1ccc(Cc2nsc(N3CCN(C(=O)c4ccc(Br)cc4)CC3)n2)cc1. The summed E-state index contributed by atoms with van der Waals surface area (Å²) in [6.45, 7) is 5.04. The quantitative estimate of drug-likeness (QED) is 0.591. The van der Waals surface area contributed by atoms with E-state index in [2.05, 4.69) is 56.4 Å². The summed E-state index contributed by atoms with van der Waals surface area (Å²) in [5.74, 6) is 0.946. The molecule has 1 aliphatic heterocycles. The van der Waals surface area contributed by atoms with Crippen molar-refractivity contribution in [2.24, 2.45) is 0 Å². The van der Waals surface area contributed by atoms with E-state index in [1.807, 2.05) is 29.2 Å². The number of carbonyl (C=O) groups is 1. The van der Waals surface area contributed by atoms with Gasteiger partial charge in [-0.05, 0) is 36.8 Å². The Balaban J connectivity index is 1.35. The number of halogens is 1. The van der Waals surface area contributed by atoms with Gasteiger partial charge < -0.3 is 9.80 Å².